The molecule has 1 N–H and O–H groups in total. The molecule has 1 atom stereocenters. The van der Waals surface area contributed by atoms with E-state index >= 15 is 0 Å². The molecule has 27 heavy (non-hydrogen) atoms. The molecule has 0 aliphatic carbocycles. The van der Waals surface area contributed by atoms with Gasteiger partial charge in [-0.1, -0.05) is 38.1 Å². The van der Waals surface area contributed by atoms with Gasteiger partial charge in [0.2, 0.25) is 0 Å². The summed E-state index contributed by atoms with van der Waals surface area (Å²) < 4.78 is 16.5. The Bertz CT molecular complexity index is 668. The molecule has 0 aliphatic rings. The van der Waals surface area contributed by atoms with E-state index in [0.717, 1.165) is 11.5 Å². The summed E-state index contributed by atoms with van der Waals surface area (Å²) in [5, 5.41) is 9.48. The van der Waals surface area contributed by atoms with Crippen molar-refractivity contribution in [3.8, 4) is 11.5 Å². The lowest BCUT2D eigenvalue weighted by atomic mass is 9.78. The van der Waals surface area contributed by atoms with E-state index in [1.165, 1.54) is 11.1 Å². The van der Waals surface area contributed by atoms with E-state index in [0.29, 0.717) is 19.8 Å². The summed E-state index contributed by atoms with van der Waals surface area (Å²) in [7, 11) is 0. The monoisotopic (exact) mass is 392 g/mol. The highest BCUT2D eigenvalue weighted by Gasteiger charge is 2.23. The first-order valence-corrected chi connectivity index (χ1v) is 9.79. The predicted molar refractivity (Wildman–Crippen MR) is 109 cm³/mol. The number of halogens is 1. The summed E-state index contributed by atoms with van der Waals surface area (Å²) in [4.78, 5) is 0. The molecule has 0 saturated carbocycles. The summed E-state index contributed by atoms with van der Waals surface area (Å²) in [6.45, 7) is 8.38. The third kappa shape index (κ3) is 6.42. The topological polar surface area (TPSA) is 47.9 Å². The molecule has 0 fully saturated rings. The summed E-state index contributed by atoms with van der Waals surface area (Å²) in [5.74, 6) is 1.73. The molecular weight excluding hydrogens is 364 g/mol. The minimum absolute atomic E-state index is 0.155. The van der Waals surface area contributed by atoms with Crippen molar-refractivity contribution in [2.24, 2.45) is 0 Å². The van der Waals surface area contributed by atoms with Crippen LogP contribution < -0.4 is 9.47 Å². The molecule has 1 unspecified atom stereocenters. The minimum Gasteiger partial charge on any atom is -0.491 e. The maximum Gasteiger partial charge on any atom is 0.119 e. The van der Waals surface area contributed by atoms with Crippen molar-refractivity contribution in [2.45, 2.75) is 32.3 Å². The average molecular weight is 393 g/mol. The van der Waals surface area contributed by atoms with Gasteiger partial charge in [-0.15, -0.1) is 11.6 Å². The van der Waals surface area contributed by atoms with Crippen LogP contribution in [0, 0.1) is 0 Å². The van der Waals surface area contributed by atoms with Crippen LogP contribution in [0.2, 0.25) is 0 Å². The number of aliphatic hydroxyl groups is 1. The van der Waals surface area contributed by atoms with Gasteiger partial charge in [-0.25, -0.2) is 0 Å². The van der Waals surface area contributed by atoms with Gasteiger partial charge in [0.25, 0.3) is 0 Å². The number of alkyl halides is 1. The van der Waals surface area contributed by atoms with E-state index in [4.69, 9.17) is 25.8 Å². The van der Waals surface area contributed by atoms with Crippen molar-refractivity contribution < 1.29 is 19.3 Å². The van der Waals surface area contributed by atoms with Crippen molar-refractivity contribution in [3.05, 3.63) is 59.7 Å². The van der Waals surface area contributed by atoms with Crippen molar-refractivity contribution in [1.82, 2.24) is 0 Å². The van der Waals surface area contributed by atoms with Crippen LogP contribution in [0.3, 0.4) is 0 Å². The highest BCUT2D eigenvalue weighted by atomic mass is 35.5. The summed E-state index contributed by atoms with van der Waals surface area (Å²) >= 11 is 5.58. The molecule has 0 radical (unpaired) electrons. The Hall–Kier alpha value is -1.75. The third-order valence-corrected chi connectivity index (χ3v) is 4.83. The van der Waals surface area contributed by atoms with Gasteiger partial charge in [-0.3, -0.25) is 0 Å². The third-order valence-electron chi connectivity index (χ3n) is 4.47. The summed E-state index contributed by atoms with van der Waals surface area (Å²) in [5.41, 5.74) is 2.22. The van der Waals surface area contributed by atoms with E-state index < -0.39 is 6.10 Å². The highest BCUT2D eigenvalue weighted by Crippen LogP contribution is 2.33. The molecule has 2 aromatic carbocycles. The van der Waals surface area contributed by atoms with Gasteiger partial charge in [0.05, 0.1) is 12.5 Å². The van der Waals surface area contributed by atoms with Gasteiger partial charge in [-0.05, 0) is 42.3 Å². The first-order valence-electron chi connectivity index (χ1n) is 9.25. The molecule has 2 rings (SSSR count). The Kier molecular flexibility index (Phi) is 8.42. The Morgan fingerprint density at radius 1 is 0.889 bits per heavy atom. The fourth-order valence-corrected chi connectivity index (χ4v) is 2.79. The van der Waals surface area contributed by atoms with Crippen LogP contribution in [0.1, 0.15) is 31.9 Å². The molecule has 0 spiro atoms. The smallest absolute Gasteiger partial charge is 0.119 e. The van der Waals surface area contributed by atoms with Gasteiger partial charge >= 0.3 is 0 Å². The molecule has 2 aromatic rings. The molecule has 0 saturated heterocycles. The van der Waals surface area contributed by atoms with E-state index in [1.807, 2.05) is 31.2 Å². The Morgan fingerprint density at radius 2 is 1.41 bits per heavy atom. The lowest BCUT2D eigenvalue weighted by Gasteiger charge is -2.26. The van der Waals surface area contributed by atoms with Crippen LogP contribution in [0.25, 0.3) is 0 Å². The molecule has 5 heteroatoms. The first-order chi connectivity index (χ1) is 13.0. The van der Waals surface area contributed by atoms with E-state index in [2.05, 4.69) is 38.1 Å². The van der Waals surface area contributed by atoms with Crippen molar-refractivity contribution in [1.29, 1.82) is 0 Å². The Balaban J connectivity index is 2.00. The zero-order chi connectivity index (χ0) is 19.7. The van der Waals surface area contributed by atoms with E-state index in [1.54, 1.807) is 0 Å². The van der Waals surface area contributed by atoms with Crippen LogP contribution in [-0.2, 0) is 10.2 Å². The second-order valence-electron chi connectivity index (χ2n) is 6.84. The van der Waals surface area contributed by atoms with Crippen molar-refractivity contribution in [3.63, 3.8) is 0 Å². The first kappa shape index (κ1) is 21.5. The molecule has 0 aliphatic heterocycles. The lowest BCUT2D eigenvalue weighted by Crippen LogP contribution is -2.20. The number of aliphatic hydroxyl groups excluding tert-OH is 1. The summed E-state index contributed by atoms with van der Waals surface area (Å²) in [6, 6.07) is 16.1. The standard InChI is InChI=1S/C22H29ClO4/c1-4-25-13-14-26-20-9-5-17(6-10-20)22(2,3)18-7-11-21(12-8-18)27-16-19(24)15-23/h5-12,19,24H,4,13-16H2,1-3H3. The van der Waals surface area contributed by atoms with Gasteiger partial charge < -0.3 is 19.3 Å². The zero-order valence-corrected chi connectivity index (χ0v) is 17.0. The van der Waals surface area contributed by atoms with Crippen LogP contribution in [0.15, 0.2) is 48.5 Å². The average Bonchev–Trinajstić information content (AvgIpc) is 2.70. The number of benzene rings is 2. The predicted octanol–water partition coefficient (Wildman–Crippen LogP) is 4.41. The fraction of sp³-hybridized carbons (Fsp3) is 0.455. The molecule has 0 bridgehead atoms. The maximum absolute atomic E-state index is 9.48. The normalized spacial score (nSPS) is 12.6. The second kappa shape index (κ2) is 10.5. The van der Waals surface area contributed by atoms with Crippen LogP contribution in [0.5, 0.6) is 11.5 Å². The van der Waals surface area contributed by atoms with Crippen LogP contribution >= 0.6 is 11.6 Å². The molecule has 4 nitrogen and oxygen atoms in total. The summed E-state index contributed by atoms with van der Waals surface area (Å²) in [6.07, 6.45) is -0.656. The molecule has 0 amide bonds. The largest absolute Gasteiger partial charge is 0.491 e. The number of ether oxygens (including phenoxy) is 3. The number of hydrogen-bond acceptors (Lipinski definition) is 4. The van der Waals surface area contributed by atoms with E-state index in [9.17, 15) is 5.11 Å². The maximum atomic E-state index is 9.48. The van der Waals surface area contributed by atoms with Gasteiger partial charge in [0, 0.05) is 12.0 Å². The quantitative estimate of drug-likeness (QED) is 0.454. The molecule has 0 heterocycles. The fourth-order valence-electron chi connectivity index (χ4n) is 2.70. The van der Waals surface area contributed by atoms with Crippen molar-refractivity contribution >= 4 is 11.6 Å². The van der Waals surface area contributed by atoms with Crippen molar-refractivity contribution in [2.75, 3.05) is 32.3 Å². The minimum atomic E-state index is -0.656. The molecular formula is C22H29ClO4. The zero-order valence-electron chi connectivity index (χ0n) is 16.3. The number of hydrogen-bond donors (Lipinski definition) is 1. The van der Waals surface area contributed by atoms with E-state index in [-0.39, 0.29) is 17.9 Å². The Labute approximate surface area is 167 Å². The molecule has 0 aromatic heterocycles. The SMILES string of the molecule is CCOCCOc1ccc(C(C)(C)c2ccc(OCC(O)CCl)cc2)cc1. The number of rotatable bonds is 11. The van der Waals surface area contributed by atoms with Gasteiger partial charge in [-0.2, -0.15) is 0 Å². The highest BCUT2D eigenvalue weighted by molar-refractivity contribution is 6.18. The van der Waals surface area contributed by atoms with Gasteiger partial charge in [0.15, 0.2) is 0 Å². The van der Waals surface area contributed by atoms with Gasteiger partial charge in [0.1, 0.15) is 30.8 Å². The van der Waals surface area contributed by atoms with Crippen LogP contribution in [0.4, 0.5) is 0 Å². The molecule has 148 valence electrons. The lowest BCUT2D eigenvalue weighted by molar-refractivity contribution is 0.110. The van der Waals surface area contributed by atoms with Crippen LogP contribution in [-0.4, -0.2) is 43.5 Å². The Morgan fingerprint density at radius 3 is 1.89 bits per heavy atom. The second-order valence-corrected chi connectivity index (χ2v) is 7.15.